The van der Waals surface area contributed by atoms with Crippen molar-refractivity contribution in [3.05, 3.63) is 24.0 Å². The highest BCUT2D eigenvalue weighted by Crippen LogP contribution is 2.35. The maximum Gasteiger partial charge on any atom is 0.316 e. The van der Waals surface area contributed by atoms with E-state index in [1.165, 1.54) is 17.7 Å². The molecule has 1 aliphatic rings. The number of imidazole rings is 1. The van der Waals surface area contributed by atoms with Crippen LogP contribution >= 0.6 is 0 Å². The summed E-state index contributed by atoms with van der Waals surface area (Å²) in [5, 5.41) is 2.69. The Morgan fingerprint density at radius 3 is 2.39 bits per heavy atom. The van der Waals surface area contributed by atoms with Gasteiger partial charge in [0.1, 0.15) is 5.82 Å². The number of fused-ring (bicyclic) bond motifs is 1. The van der Waals surface area contributed by atoms with Gasteiger partial charge in [-0.1, -0.05) is 20.8 Å². The number of aromatic nitrogens is 2. The van der Waals surface area contributed by atoms with Gasteiger partial charge in [0.2, 0.25) is 0 Å². The third-order valence-corrected chi connectivity index (χ3v) is 8.21. The van der Waals surface area contributed by atoms with Crippen LogP contribution in [0.15, 0.2) is 23.1 Å². The lowest BCUT2D eigenvalue weighted by atomic mass is 9.92. The minimum Gasteiger partial charge on any atom is -0.336 e. The third-order valence-electron chi connectivity index (χ3n) is 5.73. The second kappa shape index (κ2) is 8.11. The summed E-state index contributed by atoms with van der Waals surface area (Å²) in [6.45, 7) is 10.8. The summed E-state index contributed by atoms with van der Waals surface area (Å²) in [6.07, 6.45) is 3.32. The SMILES string of the molecule is CN(C)C(=O)NCC(C)(C)S(=O)(=O)c1ccc2c(c1)nc(CC(C)(C)C)n2CC1CC1. The molecule has 0 atom stereocenters. The molecule has 1 N–H and O–H groups in total. The number of urea groups is 1. The first-order valence-corrected chi connectivity index (χ1v) is 12.4. The van der Waals surface area contributed by atoms with E-state index >= 15 is 0 Å². The molecule has 3 rings (SSSR count). The van der Waals surface area contributed by atoms with Crippen LogP contribution in [0.3, 0.4) is 0 Å². The fraction of sp³-hybridized carbons (Fsp3) is 0.652. The number of carbonyl (C=O) groups is 1. The zero-order valence-electron chi connectivity index (χ0n) is 19.8. The van der Waals surface area contributed by atoms with Crippen LogP contribution in [0.25, 0.3) is 11.0 Å². The fourth-order valence-electron chi connectivity index (χ4n) is 3.56. The van der Waals surface area contributed by atoms with E-state index in [1.54, 1.807) is 40.1 Å². The van der Waals surface area contributed by atoms with E-state index in [0.717, 1.165) is 24.3 Å². The lowest BCUT2D eigenvalue weighted by molar-refractivity contribution is 0.216. The number of amides is 2. The van der Waals surface area contributed by atoms with E-state index in [2.05, 4.69) is 30.7 Å². The first kappa shape index (κ1) is 23.6. The first-order valence-electron chi connectivity index (χ1n) is 10.9. The summed E-state index contributed by atoms with van der Waals surface area (Å²) in [6, 6.07) is 4.94. The smallest absolute Gasteiger partial charge is 0.316 e. The van der Waals surface area contributed by atoms with E-state index in [0.29, 0.717) is 11.4 Å². The van der Waals surface area contributed by atoms with E-state index < -0.39 is 14.6 Å². The molecule has 1 aromatic carbocycles. The molecular weight excluding hydrogens is 412 g/mol. The van der Waals surface area contributed by atoms with Crippen LogP contribution in [-0.4, -0.2) is 54.3 Å². The second-order valence-corrected chi connectivity index (χ2v) is 13.4. The largest absolute Gasteiger partial charge is 0.336 e. The highest BCUT2D eigenvalue weighted by Gasteiger charge is 2.37. The number of sulfone groups is 1. The van der Waals surface area contributed by atoms with Crippen LogP contribution in [-0.2, 0) is 22.8 Å². The molecule has 0 unspecified atom stereocenters. The molecule has 7 nitrogen and oxygen atoms in total. The third kappa shape index (κ3) is 5.22. The molecule has 0 spiro atoms. The number of rotatable bonds is 7. The first-order chi connectivity index (χ1) is 14.2. The number of carbonyl (C=O) groups excluding carboxylic acids is 1. The number of hydrogen-bond donors (Lipinski definition) is 1. The molecular formula is C23H36N4O3S. The molecule has 1 aliphatic carbocycles. The summed E-state index contributed by atoms with van der Waals surface area (Å²) >= 11 is 0. The van der Waals surface area contributed by atoms with Crippen LogP contribution in [0.2, 0.25) is 0 Å². The van der Waals surface area contributed by atoms with E-state index in [1.807, 2.05) is 6.07 Å². The Kier molecular flexibility index (Phi) is 6.17. The normalized spacial score (nSPS) is 15.3. The molecule has 0 saturated heterocycles. The Balaban J connectivity index is 1.96. The molecule has 1 aromatic heterocycles. The molecule has 1 fully saturated rings. The molecule has 8 heteroatoms. The Bertz CT molecular complexity index is 1070. The van der Waals surface area contributed by atoms with Crippen LogP contribution in [0.5, 0.6) is 0 Å². The van der Waals surface area contributed by atoms with Crippen molar-refractivity contribution in [2.75, 3.05) is 20.6 Å². The molecule has 0 radical (unpaired) electrons. The van der Waals surface area contributed by atoms with Gasteiger partial charge in [-0.3, -0.25) is 0 Å². The monoisotopic (exact) mass is 448 g/mol. The minimum atomic E-state index is -3.68. The summed E-state index contributed by atoms with van der Waals surface area (Å²) in [4.78, 5) is 18.4. The highest BCUT2D eigenvalue weighted by molar-refractivity contribution is 7.92. The Labute approximate surface area is 186 Å². The van der Waals surface area contributed by atoms with Gasteiger partial charge in [0, 0.05) is 33.6 Å². The topological polar surface area (TPSA) is 84.3 Å². The second-order valence-electron chi connectivity index (χ2n) is 10.8. The summed E-state index contributed by atoms with van der Waals surface area (Å²) in [5.41, 5.74) is 1.79. The highest BCUT2D eigenvalue weighted by atomic mass is 32.2. The zero-order chi connectivity index (χ0) is 23.2. The standard InChI is InChI=1S/C23H36N4O3S/c1-22(2,3)13-20-25-18-12-17(10-11-19(18)27(20)14-16-8-9-16)31(29,30)23(4,5)15-24-21(28)26(6)7/h10-12,16H,8-9,13-15H2,1-7H3,(H,24,28). The lowest BCUT2D eigenvalue weighted by Gasteiger charge is -2.26. The van der Waals surface area contributed by atoms with Crippen LogP contribution in [0, 0.1) is 11.3 Å². The predicted molar refractivity (Wildman–Crippen MR) is 124 cm³/mol. The molecule has 2 amide bonds. The number of nitrogens with zero attached hydrogens (tertiary/aromatic N) is 3. The van der Waals surface area contributed by atoms with Gasteiger partial charge >= 0.3 is 6.03 Å². The molecule has 31 heavy (non-hydrogen) atoms. The number of hydrogen-bond acceptors (Lipinski definition) is 4. The quantitative estimate of drug-likeness (QED) is 0.697. The van der Waals surface area contributed by atoms with E-state index in [-0.39, 0.29) is 22.9 Å². The summed E-state index contributed by atoms with van der Waals surface area (Å²) in [7, 11) is -0.437. The maximum absolute atomic E-state index is 13.4. The molecule has 172 valence electrons. The number of nitrogens with one attached hydrogen (secondary N) is 1. The van der Waals surface area contributed by atoms with Crippen LogP contribution in [0.1, 0.15) is 53.3 Å². The van der Waals surface area contributed by atoms with E-state index in [4.69, 9.17) is 4.98 Å². The number of benzene rings is 1. The molecule has 1 heterocycles. The van der Waals surface area contributed by atoms with Crippen molar-refractivity contribution >= 4 is 26.9 Å². The molecule has 1 saturated carbocycles. The predicted octanol–water partition coefficient (Wildman–Crippen LogP) is 3.86. The minimum absolute atomic E-state index is 0.0236. The maximum atomic E-state index is 13.4. The van der Waals surface area contributed by atoms with Crippen molar-refractivity contribution in [3.8, 4) is 0 Å². The van der Waals surface area contributed by atoms with Gasteiger partial charge < -0.3 is 14.8 Å². The van der Waals surface area contributed by atoms with Crippen molar-refractivity contribution in [2.24, 2.45) is 11.3 Å². The van der Waals surface area contributed by atoms with Crippen molar-refractivity contribution in [1.82, 2.24) is 19.8 Å². The lowest BCUT2D eigenvalue weighted by Crippen LogP contribution is -2.46. The van der Waals surface area contributed by atoms with Gasteiger partial charge in [-0.15, -0.1) is 0 Å². The van der Waals surface area contributed by atoms with E-state index in [9.17, 15) is 13.2 Å². The van der Waals surface area contributed by atoms with Crippen molar-refractivity contribution in [1.29, 1.82) is 0 Å². The van der Waals surface area contributed by atoms with Gasteiger partial charge in [-0.05, 0) is 56.2 Å². The fourth-order valence-corrected chi connectivity index (χ4v) is 4.97. The van der Waals surface area contributed by atoms with Crippen molar-refractivity contribution in [2.45, 2.75) is 70.1 Å². The zero-order valence-corrected chi connectivity index (χ0v) is 20.6. The Morgan fingerprint density at radius 1 is 1.19 bits per heavy atom. The van der Waals surface area contributed by atoms with Gasteiger partial charge in [0.15, 0.2) is 9.84 Å². The molecule has 2 aromatic rings. The summed E-state index contributed by atoms with van der Waals surface area (Å²) < 4.78 is 27.9. The Morgan fingerprint density at radius 2 is 1.84 bits per heavy atom. The van der Waals surface area contributed by atoms with Crippen LogP contribution < -0.4 is 5.32 Å². The summed E-state index contributed by atoms with van der Waals surface area (Å²) in [5.74, 6) is 1.71. The average Bonchev–Trinajstić information content (AvgIpc) is 3.40. The van der Waals surface area contributed by atoms with Crippen LogP contribution in [0.4, 0.5) is 4.79 Å². The van der Waals surface area contributed by atoms with Gasteiger partial charge in [0.05, 0.1) is 20.7 Å². The van der Waals surface area contributed by atoms with Gasteiger partial charge in [-0.25, -0.2) is 18.2 Å². The van der Waals surface area contributed by atoms with Crippen molar-refractivity contribution < 1.29 is 13.2 Å². The Hall–Kier alpha value is -2.09. The average molecular weight is 449 g/mol. The molecule has 0 aliphatic heterocycles. The molecule has 0 bridgehead atoms. The van der Waals surface area contributed by atoms with Crippen molar-refractivity contribution in [3.63, 3.8) is 0 Å². The van der Waals surface area contributed by atoms with Gasteiger partial charge in [0.25, 0.3) is 0 Å². The van der Waals surface area contributed by atoms with Gasteiger partial charge in [-0.2, -0.15) is 0 Å².